The van der Waals surface area contributed by atoms with Crippen molar-refractivity contribution >= 4 is 5.71 Å². The maximum absolute atomic E-state index is 13.1. The first-order valence-electron chi connectivity index (χ1n) is 10.6. The van der Waals surface area contributed by atoms with Gasteiger partial charge in [-0.1, -0.05) is 26.7 Å². The van der Waals surface area contributed by atoms with E-state index in [1.165, 1.54) is 6.92 Å². The fourth-order valence-electron chi connectivity index (χ4n) is 4.44. The SMILES string of the molecule is CC(CC(O)(C(F)(F)F)C(F)(F)F)=NC1CCCCC1C(C)C(C)CC(O)(C(F)(F)F)C(F)(F)F. The molecule has 0 aliphatic heterocycles. The Balaban J connectivity index is 3.20. The Morgan fingerprint density at radius 2 is 1.14 bits per heavy atom. The molecule has 0 bridgehead atoms. The third kappa shape index (κ3) is 6.75. The van der Waals surface area contributed by atoms with E-state index >= 15 is 0 Å². The van der Waals surface area contributed by atoms with Crippen molar-refractivity contribution in [1.82, 2.24) is 0 Å². The standard InChI is InChI=1S/C20H27F12NO2/c1-10(8-15(34,17(21,22)23)18(24,25)26)12(3)13-6-4-5-7-14(13)33-11(2)9-16(35,19(27,28)29)20(30,31)32/h10,12-14,34-35H,4-9H2,1-3H3. The van der Waals surface area contributed by atoms with Gasteiger partial charge in [-0.3, -0.25) is 4.99 Å². The summed E-state index contributed by atoms with van der Waals surface area (Å²) < 4.78 is 156. The molecule has 4 unspecified atom stereocenters. The molecule has 15 heteroatoms. The van der Waals surface area contributed by atoms with E-state index in [0.717, 1.165) is 13.8 Å². The number of nitrogens with zero attached hydrogens (tertiary/aromatic N) is 1. The molecule has 0 aromatic carbocycles. The van der Waals surface area contributed by atoms with Gasteiger partial charge >= 0.3 is 24.7 Å². The molecule has 2 N–H and O–H groups in total. The summed E-state index contributed by atoms with van der Waals surface area (Å²) in [5, 5.41) is 18.8. The smallest absolute Gasteiger partial charge is 0.374 e. The maximum Gasteiger partial charge on any atom is 0.426 e. The first-order valence-corrected chi connectivity index (χ1v) is 10.6. The Morgan fingerprint density at radius 3 is 1.54 bits per heavy atom. The van der Waals surface area contributed by atoms with Crippen LogP contribution < -0.4 is 0 Å². The molecule has 0 spiro atoms. The Labute approximate surface area is 193 Å². The normalized spacial score (nSPS) is 23.9. The molecule has 0 amide bonds. The molecule has 35 heavy (non-hydrogen) atoms. The van der Waals surface area contributed by atoms with Crippen LogP contribution in [0.15, 0.2) is 4.99 Å². The molecule has 1 saturated carbocycles. The van der Waals surface area contributed by atoms with Gasteiger partial charge in [-0.2, -0.15) is 52.7 Å². The number of rotatable bonds is 7. The van der Waals surface area contributed by atoms with Gasteiger partial charge in [0.05, 0.1) is 6.04 Å². The minimum absolute atomic E-state index is 0.123. The van der Waals surface area contributed by atoms with Crippen molar-refractivity contribution < 1.29 is 62.9 Å². The summed E-state index contributed by atoms with van der Waals surface area (Å²) in [5.74, 6) is -3.13. The average Bonchev–Trinajstić information content (AvgIpc) is 2.64. The largest absolute Gasteiger partial charge is 0.426 e. The molecule has 1 aliphatic rings. The lowest BCUT2D eigenvalue weighted by Crippen LogP contribution is -2.58. The van der Waals surface area contributed by atoms with Crippen LogP contribution in [-0.4, -0.2) is 57.9 Å². The van der Waals surface area contributed by atoms with E-state index in [9.17, 15) is 62.9 Å². The molecule has 1 rings (SSSR count). The molecule has 208 valence electrons. The molecule has 0 aromatic heterocycles. The van der Waals surface area contributed by atoms with Gasteiger partial charge in [0.25, 0.3) is 11.2 Å². The Hall–Kier alpha value is -1.25. The molecule has 4 atom stereocenters. The number of alkyl halides is 12. The topological polar surface area (TPSA) is 52.8 Å². The minimum atomic E-state index is -6.07. The van der Waals surface area contributed by atoms with E-state index < -0.39 is 78.3 Å². The van der Waals surface area contributed by atoms with Crippen molar-refractivity contribution in [2.45, 2.75) is 101 Å². The van der Waals surface area contributed by atoms with Crippen LogP contribution in [0, 0.1) is 17.8 Å². The highest BCUT2D eigenvalue weighted by atomic mass is 19.4. The zero-order valence-corrected chi connectivity index (χ0v) is 18.9. The van der Waals surface area contributed by atoms with Gasteiger partial charge in [-0.15, -0.1) is 0 Å². The Morgan fingerprint density at radius 1 is 0.743 bits per heavy atom. The molecule has 0 saturated heterocycles. The minimum Gasteiger partial charge on any atom is -0.374 e. The van der Waals surface area contributed by atoms with Gasteiger partial charge in [0.15, 0.2) is 0 Å². The molecule has 0 radical (unpaired) electrons. The van der Waals surface area contributed by atoms with Crippen molar-refractivity contribution in [2.24, 2.45) is 22.7 Å². The lowest BCUT2D eigenvalue weighted by molar-refractivity contribution is -0.373. The lowest BCUT2D eigenvalue weighted by atomic mass is 9.70. The molecule has 1 fully saturated rings. The number of hydrogen-bond acceptors (Lipinski definition) is 3. The highest BCUT2D eigenvalue weighted by Crippen LogP contribution is 2.49. The Kier molecular flexibility index (Phi) is 9.31. The van der Waals surface area contributed by atoms with E-state index in [2.05, 4.69) is 4.99 Å². The lowest BCUT2D eigenvalue weighted by Gasteiger charge is -2.40. The second-order valence-corrected chi connectivity index (χ2v) is 9.31. The fraction of sp³-hybridized carbons (Fsp3) is 0.950. The molecule has 1 aliphatic carbocycles. The van der Waals surface area contributed by atoms with Crippen LogP contribution in [0.25, 0.3) is 0 Å². The van der Waals surface area contributed by atoms with E-state index in [-0.39, 0.29) is 12.8 Å². The summed E-state index contributed by atoms with van der Waals surface area (Å²) in [4.78, 5) is 3.88. The maximum atomic E-state index is 13.1. The van der Waals surface area contributed by atoms with Crippen LogP contribution in [0.5, 0.6) is 0 Å². The van der Waals surface area contributed by atoms with Crippen LogP contribution in [0.3, 0.4) is 0 Å². The predicted molar refractivity (Wildman–Crippen MR) is 101 cm³/mol. The molecule has 3 nitrogen and oxygen atoms in total. The summed E-state index contributed by atoms with van der Waals surface area (Å²) in [7, 11) is 0. The van der Waals surface area contributed by atoms with Gasteiger partial charge in [0, 0.05) is 12.1 Å². The summed E-state index contributed by atoms with van der Waals surface area (Å²) >= 11 is 0. The highest BCUT2D eigenvalue weighted by Gasteiger charge is 2.71. The summed E-state index contributed by atoms with van der Waals surface area (Å²) in [6, 6.07) is -0.989. The summed E-state index contributed by atoms with van der Waals surface area (Å²) in [6.45, 7) is 3.17. The average molecular weight is 541 g/mol. The van der Waals surface area contributed by atoms with E-state index in [4.69, 9.17) is 0 Å². The fourth-order valence-corrected chi connectivity index (χ4v) is 4.44. The number of halogens is 12. The molecular formula is C20H27F12NO2. The molecule has 0 aromatic rings. The molecular weight excluding hydrogens is 514 g/mol. The second-order valence-electron chi connectivity index (χ2n) is 9.31. The van der Waals surface area contributed by atoms with Gasteiger partial charge in [-0.05, 0) is 43.9 Å². The third-order valence-corrected chi connectivity index (χ3v) is 6.75. The molecule has 0 heterocycles. The van der Waals surface area contributed by atoms with Crippen LogP contribution in [0.2, 0.25) is 0 Å². The van der Waals surface area contributed by atoms with Crippen molar-refractivity contribution in [3.63, 3.8) is 0 Å². The number of hydrogen-bond donors (Lipinski definition) is 2. The number of aliphatic imine (C=N–C) groups is 1. The zero-order chi connectivity index (χ0) is 27.8. The van der Waals surface area contributed by atoms with E-state index in [1.54, 1.807) is 0 Å². The number of aliphatic hydroxyl groups is 2. The van der Waals surface area contributed by atoms with E-state index in [1.807, 2.05) is 0 Å². The van der Waals surface area contributed by atoms with Crippen molar-refractivity contribution in [3.8, 4) is 0 Å². The first-order chi connectivity index (χ1) is 15.4. The summed E-state index contributed by atoms with van der Waals surface area (Å²) in [5.41, 5.74) is -10.8. The summed E-state index contributed by atoms with van der Waals surface area (Å²) in [6.07, 6.45) is -26.7. The van der Waals surface area contributed by atoms with Crippen LogP contribution in [-0.2, 0) is 0 Å². The van der Waals surface area contributed by atoms with Gasteiger partial charge in [0.2, 0.25) is 0 Å². The Bertz CT molecular complexity index is 710. The highest BCUT2D eigenvalue weighted by molar-refractivity contribution is 5.83. The second kappa shape index (κ2) is 10.3. The zero-order valence-electron chi connectivity index (χ0n) is 18.9. The van der Waals surface area contributed by atoms with Crippen molar-refractivity contribution in [3.05, 3.63) is 0 Å². The van der Waals surface area contributed by atoms with Crippen LogP contribution in [0.1, 0.15) is 59.3 Å². The van der Waals surface area contributed by atoms with Crippen molar-refractivity contribution in [1.29, 1.82) is 0 Å². The van der Waals surface area contributed by atoms with Crippen LogP contribution in [0.4, 0.5) is 52.7 Å². The van der Waals surface area contributed by atoms with Gasteiger partial charge in [-0.25, -0.2) is 0 Å². The quantitative estimate of drug-likeness (QED) is 0.276. The van der Waals surface area contributed by atoms with E-state index in [0.29, 0.717) is 12.8 Å². The third-order valence-electron chi connectivity index (χ3n) is 6.75. The van der Waals surface area contributed by atoms with Gasteiger partial charge in [0.1, 0.15) is 0 Å². The first kappa shape index (κ1) is 31.8. The van der Waals surface area contributed by atoms with Gasteiger partial charge < -0.3 is 10.2 Å². The monoisotopic (exact) mass is 541 g/mol. The van der Waals surface area contributed by atoms with Crippen molar-refractivity contribution in [2.75, 3.05) is 0 Å². The van der Waals surface area contributed by atoms with Crippen LogP contribution >= 0.6 is 0 Å². The predicted octanol–water partition coefficient (Wildman–Crippen LogP) is 6.77.